The zero-order valence-electron chi connectivity index (χ0n) is 10.6. The molecule has 101 valence electrons. The SMILES string of the molecule is CC(=O)[O-].CC(=O)[O-].CC(=O)[O-].CC(=O)[O-].[Fe+3].[Na+]. The molecular weight excluding hydrogens is 303 g/mol. The number of carboxylic acid groups (broad SMARTS) is 4. The number of carboxylic acids is 4. The van der Waals surface area contributed by atoms with Crippen molar-refractivity contribution in [3.05, 3.63) is 0 Å². The first kappa shape index (κ1) is 36.0. The van der Waals surface area contributed by atoms with Crippen LogP contribution >= 0.6 is 0 Å². The first-order chi connectivity index (χ1) is 6.93. The van der Waals surface area contributed by atoms with Crippen LogP contribution in [0.3, 0.4) is 0 Å². The number of rotatable bonds is 0. The number of aliphatic carboxylic acids is 4. The van der Waals surface area contributed by atoms with Crippen LogP contribution in [0.2, 0.25) is 0 Å². The summed E-state index contributed by atoms with van der Waals surface area (Å²) >= 11 is 0. The second-order valence-electron chi connectivity index (χ2n) is 1.97. The standard InChI is InChI=1S/4C2H4O2.Fe.Na/c4*1-2(3)4;;/h4*1H3,(H,3,4);;/q;;;;+3;+1/p-4. The van der Waals surface area contributed by atoms with E-state index in [1.165, 1.54) is 0 Å². The summed E-state index contributed by atoms with van der Waals surface area (Å²) in [6.45, 7) is 3.89. The molecule has 0 fully saturated rings. The van der Waals surface area contributed by atoms with Crippen LogP contribution in [0.15, 0.2) is 0 Å². The Bertz CT molecular complexity index is 167. The Morgan fingerprint density at radius 3 is 0.556 bits per heavy atom. The van der Waals surface area contributed by atoms with Gasteiger partial charge in [-0.15, -0.1) is 0 Å². The van der Waals surface area contributed by atoms with Gasteiger partial charge in [-0.1, -0.05) is 0 Å². The first-order valence-corrected chi connectivity index (χ1v) is 3.63. The summed E-state index contributed by atoms with van der Waals surface area (Å²) < 4.78 is 0. The molecule has 1 radical (unpaired) electrons. The largest absolute Gasteiger partial charge is 3.00 e. The molecule has 10 heteroatoms. The Kier molecular flexibility index (Phi) is 59.9. The quantitative estimate of drug-likeness (QED) is 0.398. The molecule has 0 aromatic rings. The molecule has 0 unspecified atom stereocenters. The van der Waals surface area contributed by atoms with Gasteiger partial charge >= 0.3 is 46.6 Å². The summed E-state index contributed by atoms with van der Waals surface area (Å²) in [6, 6.07) is 0. The van der Waals surface area contributed by atoms with Crippen LogP contribution in [-0.2, 0) is 36.2 Å². The Morgan fingerprint density at radius 1 is 0.556 bits per heavy atom. The second-order valence-corrected chi connectivity index (χ2v) is 1.97. The zero-order chi connectivity index (χ0) is 14.3. The van der Waals surface area contributed by atoms with Crippen LogP contribution < -0.4 is 50.0 Å². The molecule has 0 aromatic heterocycles. The van der Waals surface area contributed by atoms with Crippen LogP contribution in [-0.4, -0.2) is 23.9 Å². The van der Waals surface area contributed by atoms with Crippen molar-refractivity contribution in [3.63, 3.8) is 0 Å². The van der Waals surface area contributed by atoms with E-state index in [1.54, 1.807) is 0 Å². The van der Waals surface area contributed by atoms with E-state index in [0.717, 1.165) is 27.7 Å². The van der Waals surface area contributed by atoms with E-state index < -0.39 is 23.9 Å². The van der Waals surface area contributed by atoms with E-state index in [9.17, 15) is 0 Å². The van der Waals surface area contributed by atoms with Crippen LogP contribution in [0.4, 0.5) is 0 Å². The van der Waals surface area contributed by atoms with Gasteiger partial charge in [0.2, 0.25) is 0 Å². The zero-order valence-corrected chi connectivity index (χ0v) is 13.7. The Morgan fingerprint density at radius 2 is 0.556 bits per heavy atom. The van der Waals surface area contributed by atoms with Gasteiger partial charge in [-0.3, -0.25) is 0 Å². The van der Waals surface area contributed by atoms with Gasteiger partial charge in [0.25, 0.3) is 0 Å². The summed E-state index contributed by atoms with van der Waals surface area (Å²) in [4.78, 5) is 35.6. The molecule has 0 rings (SSSR count). The smallest absolute Gasteiger partial charge is 0.550 e. The third kappa shape index (κ3) is 8850. The Hall–Kier alpha value is -0.601. The van der Waals surface area contributed by atoms with Crippen molar-refractivity contribution < 1.29 is 86.2 Å². The van der Waals surface area contributed by atoms with Gasteiger partial charge in [-0.25, -0.2) is 0 Å². The predicted molar refractivity (Wildman–Crippen MR) is 42.7 cm³/mol. The van der Waals surface area contributed by atoms with Crippen LogP contribution in [0.1, 0.15) is 27.7 Å². The molecule has 0 saturated carbocycles. The molecule has 0 aliphatic carbocycles. The van der Waals surface area contributed by atoms with Crippen molar-refractivity contribution in [2.75, 3.05) is 0 Å². The van der Waals surface area contributed by atoms with Gasteiger partial charge in [0, 0.05) is 23.9 Å². The molecule has 8 nitrogen and oxygen atoms in total. The van der Waals surface area contributed by atoms with Crippen LogP contribution in [0.5, 0.6) is 0 Å². The molecule has 0 aliphatic heterocycles. The van der Waals surface area contributed by atoms with Crippen molar-refractivity contribution in [2.24, 2.45) is 0 Å². The monoisotopic (exact) mass is 315 g/mol. The summed E-state index contributed by atoms with van der Waals surface area (Å²) in [7, 11) is 0. The van der Waals surface area contributed by atoms with Crippen molar-refractivity contribution in [2.45, 2.75) is 27.7 Å². The summed E-state index contributed by atoms with van der Waals surface area (Å²) in [6.07, 6.45) is 0. The van der Waals surface area contributed by atoms with Gasteiger partial charge in [-0.05, 0) is 27.7 Å². The van der Waals surface area contributed by atoms with Crippen LogP contribution in [0, 0.1) is 0 Å². The van der Waals surface area contributed by atoms with E-state index in [4.69, 9.17) is 39.6 Å². The molecule has 0 spiro atoms. The van der Waals surface area contributed by atoms with E-state index in [1.807, 2.05) is 0 Å². The third-order valence-corrected chi connectivity index (χ3v) is 0. The molecular formula is C8H12FeNaO8. The van der Waals surface area contributed by atoms with Crippen LogP contribution in [0.25, 0.3) is 0 Å². The molecule has 0 N–H and O–H groups in total. The average molecular weight is 315 g/mol. The van der Waals surface area contributed by atoms with Gasteiger partial charge in [0.05, 0.1) is 0 Å². The van der Waals surface area contributed by atoms with Crippen molar-refractivity contribution in [1.82, 2.24) is 0 Å². The van der Waals surface area contributed by atoms with Gasteiger partial charge in [0.15, 0.2) is 0 Å². The first-order valence-electron chi connectivity index (χ1n) is 3.63. The maximum absolute atomic E-state index is 8.89. The minimum Gasteiger partial charge on any atom is -0.550 e. The predicted octanol–water partition coefficient (Wildman–Crippen LogP) is -7.97. The molecule has 0 heterocycles. The third-order valence-electron chi connectivity index (χ3n) is 0. The fourth-order valence-corrected chi connectivity index (χ4v) is 0. The van der Waals surface area contributed by atoms with Crippen molar-refractivity contribution >= 4 is 23.9 Å². The molecule has 0 aromatic carbocycles. The fourth-order valence-electron chi connectivity index (χ4n) is 0. The number of carbonyl (C=O) groups is 4. The minimum absolute atomic E-state index is 0. The minimum atomic E-state index is -1.08. The molecule has 18 heavy (non-hydrogen) atoms. The number of hydrogen-bond acceptors (Lipinski definition) is 8. The number of hydrogen-bond donors (Lipinski definition) is 0. The summed E-state index contributed by atoms with van der Waals surface area (Å²) in [5, 5.41) is 35.6. The fraction of sp³-hybridized carbons (Fsp3) is 0.500. The van der Waals surface area contributed by atoms with Crippen molar-refractivity contribution in [3.8, 4) is 0 Å². The molecule has 0 amide bonds. The maximum Gasteiger partial charge on any atom is 3.00 e. The van der Waals surface area contributed by atoms with E-state index in [0.29, 0.717) is 0 Å². The van der Waals surface area contributed by atoms with Gasteiger partial charge in [-0.2, -0.15) is 0 Å². The van der Waals surface area contributed by atoms with Crippen molar-refractivity contribution in [1.29, 1.82) is 0 Å². The van der Waals surface area contributed by atoms with E-state index >= 15 is 0 Å². The Labute approximate surface area is 137 Å². The molecule has 0 saturated heterocycles. The summed E-state index contributed by atoms with van der Waals surface area (Å²) in [5.41, 5.74) is 0. The van der Waals surface area contributed by atoms with E-state index in [-0.39, 0.29) is 46.6 Å². The van der Waals surface area contributed by atoms with E-state index in [2.05, 4.69) is 0 Å². The second kappa shape index (κ2) is 29.9. The number of carbonyl (C=O) groups excluding carboxylic acids is 4. The summed E-state index contributed by atoms with van der Waals surface area (Å²) in [5.74, 6) is -4.33. The van der Waals surface area contributed by atoms with Gasteiger partial charge < -0.3 is 39.6 Å². The van der Waals surface area contributed by atoms with Gasteiger partial charge in [0.1, 0.15) is 0 Å². The normalized spacial score (nSPS) is 5.56. The molecule has 0 aliphatic rings. The topological polar surface area (TPSA) is 161 Å². The Balaban J connectivity index is -0.0000000257. The maximum atomic E-state index is 8.89. The molecule has 0 bridgehead atoms. The molecule has 0 atom stereocenters. The average Bonchev–Trinajstić information content (AvgIpc) is 1.76.